The number of para-hydroxylation sites is 1. The van der Waals surface area contributed by atoms with E-state index >= 15 is 0 Å². The fourth-order valence-electron chi connectivity index (χ4n) is 5.67. The average molecular weight is 434 g/mol. The van der Waals surface area contributed by atoms with Gasteiger partial charge in [0, 0.05) is 11.6 Å². The molecule has 1 nitrogen and oxygen atoms in total. The van der Waals surface area contributed by atoms with Crippen LogP contribution in [0.4, 0.5) is 17.1 Å². The molecule has 0 N–H and O–H groups in total. The molecule has 0 bridgehead atoms. The second-order valence-electron chi connectivity index (χ2n) is 8.95. The lowest BCUT2D eigenvalue weighted by Gasteiger charge is -2.39. The second kappa shape index (κ2) is 7.60. The number of rotatable bonds is 2. The van der Waals surface area contributed by atoms with E-state index in [1.807, 2.05) is 0 Å². The summed E-state index contributed by atoms with van der Waals surface area (Å²) in [6, 6.07) is 48.5. The molecular formula is C33H23N. The van der Waals surface area contributed by atoms with E-state index in [-0.39, 0.29) is 5.92 Å². The van der Waals surface area contributed by atoms with Crippen molar-refractivity contribution in [2.75, 3.05) is 4.90 Å². The summed E-state index contributed by atoms with van der Waals surface area (Å²) >= 11 is 0. The minimum absolute atomic E-state index is 0.142. The molecular weight excluding hydrogens is 410 g/mol. The largest absolute Gasteiger partial charge is 0.310 e. The van der Waals surface area contributed by atoms with Crippen molar-refractivity contribution in [3.05, 3.63) is 150 Å². The van der Waals surface area contributed by atoms with E-state index in [0.717, 1.165) is 0 Å². The van der Waals surface area contributed by atoms with Crippen LogP contribution in [0.25, 0.3) is 21.5 Å². The number of hydrogen-bond acceptors (Lipinski definition) is 1. The summed E-state index contributed by atoms with van der Waals surface area (Å²) in [7, 11) is 0. The summed E-state index contributed by atoms with van der Waals surface area (Å²) in [5.74, 6) is 0.142. The lowest BCUT2D eigenvalue weighted by molar-refractivity contribution is 0.961. The highest BCUT2D eigenvalue weighted by Gasteiger charge is 2.34. The van der Waals surface area contributed by atoms with Crippen LogP contribution in [-0.2, 0) is 0 Å². The Morgan fingerprint density at radius 1 is 0.412 bits per heavy atom. The number of hydrogen-bond donors (Lipinski definition) is 0. The SMILES string of the molecule is c1ccc(C2c3c(ccc4ccccc34)N(c3ccccc3)c3ccc4ccccc4c32)cc1. The molecule has 0 radical (unpaired) electrons. The first-order valence-corrected chi connectivity index (χ1v) is 11.8. The standard InChI is InChI=1S/C33H23N/c1-3-13-25(14-4-1)31-32-27-17-9-7-11-23(27)19-21-29(32)34(26-15-5-2-6-16-26)30-22-20-24-12-8-10-18-28(24)33(30)31/h1-22,31H. The number of fused-ring (bicyclic) bond motifs is 6. The second-order valence-corrected chi connectivity index (χ2v) is 8.95. The van der Waals surface area contributed by atoms with E-state index in [9.17, 15) is 0 Å². The van der Waals surface area contributed by atoms with Gasteiger partial charge in [-0.05, 0) is 62.5 Å². The van der Waals surface area contributed by atoms with Crippen molar-refractivity contribution >= 4 is 38.6 Å². The molecule has 1 aliphatic heterocycles. The average Bonchev–Trinajstić information content (AvgIpc) is 2.92. The molecule has 1 heteroatoms. The molecule has 6 aromatic carbocycles. The van der Waals surface area contributed by atoms with Gasteiger partial charge in [0.1, 0.15) is 0 Å². The van der Waals surface area contributed by atoms with E-state index < -0.39 is 0 Å². The Balaban J connectivity index is 1.67. The van der Waals surface area contributed by atoms with E-state index in [1.165, 1.54) is 55.3 Å². The highest BCUT2D eigenvalue weighted by molar-refractivity contribution is 6.02. The van der Waals surface area contributed by atoms with Gasteiger partial charge in [0.15, 0.2) is 0 Å². The normalized spacial score (nSPS) is 13.1. The molecule has 0 unspecified atom stereocenters. The Labute approximate surface area is 199 Å². The van der Waals surface area contributed by atoms with Crippen molar-refractivity contribution in [1.82, 2.24) is 0 Å². The van der Waals surface area contributed by atoms with Crippen molar-refractivity contribution in [2.45, 2.75) is 5.92 Å². The molecule has 0 amide bonds. The first-order chi connectivity index (χ1) is 16.9. The van der Waals surface area contributed by atoms with Gasteiger partial charge >= 0.3 is 0 Å². The smallest absolute Gasteiger partial charge is 0.0509 e. The van der Waals surface area contributed by atoms with E-state index in [2.05, 4.69) is 138 Å². The topological polar surface area (TPSA) is 3.24 Å². The number of nitrogens with zero attached hydrogens (tertiary/aromatic N) is 1. The molecule has 1 aliphatic rings. The maximum atomic E-state index is 2.45. The Kier molecular flexibility index (Phi) is 4.28. The van der Waals surface area contributed by atoms with E-state index in [0.29, 0.717) is 0 Å². The van der Waals surface area contributed by atoms with Crippen LogP contribution in [0.1, 0.15) is 22.6 Å². The highest BCUT2D eigenvalue weighted by atomic mass is 15.2. The van der Waals surface area contributed by atoms with Crippen LogP contribution in [0.2, 0.25) is 0 Å². The van der Waals surface area contributed by atoms with Crippen LogP contribution in [0.3, 0.4) is 0 Å². The zero-order valence-electron chi connectivity index (χ0n) is 18.7. The summed E-state index contributed by atoms with van der Waals surface area (Å²) in [6.07, 6.45) is 0. The molecule has 160 valence electrons. The maximum absolute atomic E-state index is 2.45. The van der Waals surface area contributed by atoms with Crippen LogP contribution in [0.15, 0.2) is 133 Å². The van der Waals surface area contributed by atoms with Gasteiger partial charge in [-0.2, -0.15) is 0 Å². The summed E-state index contributed by atoms with van der Waals surface area (Å²) in [5.41, 5.74) is 7.75. The van der Waals surface area contributed by atoms with Crippen molar-refractivity contribution in [1.29, 1.82) is 0 Å². The van der Waals surface area contributed by atoms with E-state index in [4.69, 9.17) is 0 Å². The van der Waals surface area contributed by atoms with Crippen LogP contribution in [0.5, 0.6) is 0 Å². The first-order valence-electron chi connectivity index (χ1n) is 11.8. The number of benzene rings is 6. The lowest BCUT2D eigenvalue weighted by Crippen LogP contribution is -2.23. The Morgan fingerprint density at radius 2 is 0.882 bits per heavy atom. The van der Waals surface area contributed by atoms with Crippen LogP contribution in [0, 0.1) is 0 Å². The molecule has 34 heavy (non-hydrogen) atoms. The predicted octanol–water partition coefficient (Wildman–Crippen LogP) is 8.96. The maximum Gasteiger partial charge on any atom is 0.0509 e. The van der Waals surface area contributed by atoms with Crippen LogP contribution < -0.4 is 4.90 Å². The zero-order chi connectivity index (χ0) is 22.5. The molecule has 6 aromatic rings. The first kappa shape index (κ1) is 19.1. The van der Waals surface area contributed by atoms with Gasteiger partial charge in [0.25, 0.3) is 0 Å². The molecule has 0 saturated heterocycles. The Hall–Kier alpha value is -4.36. The van der Waals surface area contributed by atoms with Gasteiger partial charge in [-0.3, -0.25) is 0 Å². The monoisotopic (exact) mass is 433 g/mol. The third-order valence-corrected chi connectivity index (χ3v) is 7.10. The molecule has 0 aromatic heterocycles. The Morgan fingerprint density at radius 3 is 1.44 bits per heavy atom. The summed E-state index contributed by atoms with van der Waals surface area (Å²) in [6.45, 7) is 0. The summed E-state index contributed by atoms with van der Waals surface area (Å²) in [4.78, 5) is 2.45. The van der Waals surface area contributed by atoms with Crippen molar-refractivity contribution < 1.29 is 0 Å². The molecule has 0 fully saturated rings. The lowest BCUT2D eigenvalue weighted by atomic mass is 9.76. The van der Waals surface area contributed by atoms with Gasteiger partial charge in [-0.15, -0.1) is 0 Å². The van der Waals surface area contributed by atoms with Gasteiger partial charge in [-0.25, -0.2) is 0 Å². The summed E-state index contributed by atoms with van der Waals surface area (Å²) in [5, 5.41) is 5.18. The highest BCUT2D eigenvalue weighted by Crippen LogP contribution is 2.55. The molecule has 0 aliphatic carbocycles. The van der Waals surface area contributed by atoms with Crippen molar-refractivity contribution in [2.24, 2.45) is 0 Å². The van der Waals surface area contributed by atoms with Gasteiger partial charge < -0.3 is 4.90 Å². The minimum Gasteiger partial charge on any atom is -0.310 e. The van der Waals surface area contributed by atoms with Crippen LogP contribution in [-0.4, -0.2) is 0 Å². The van der Waals surface area contributed by atoms with Gasteiger partial charge in [-0.1, -0.05) is 109 Å². The van der Waals surface area contributed by atoms with E-state index in [1.54, 1.807) is 0 Å². The third-order valence-electron chi connectivity index (χ3n) is 7.10. The fraction of sp³-hybridized carbons (Fsp3) is 0.0303. The zero-order valence-corrected chi connectivity index (χ0v) is 18.7. The van der Waals surface area contributed by atoms with Crippen molar-refractivity contribution in [3.8, 4) is 0 Å². The quantitative estimate of drug-likeness (QED) is 0.263. The molecule has 1 heterocycles. The summed E-state index contributed by atoms with van der Waals surface area (Å²) < 4.78 is 0. The molecule has 0 atom stereocenters. The minimum atomic E-state index is 0.142. The predicted molar refractivity (Wildman–Crippen MR) is 144 cm³/mol. The Bertz CT molecular complexity index is 1560. The van der Waals surface area contributed by atoms with Crippen molar-refractivity contribution in [3.63, 3.8) is 0 Å². The van der Waals surface area contributed by atoms with Gasteiger partial charge in [0.05, 0.1) is 11.4 Å². The third kappa shape index (κ3) is 2.80. The van der Waals surface area contributed by atoms with Gasteiger partial charge in [0.2, 0.25) is 0 Å². The molecule has 0 saturated carbocycles. The number of anilines is 3. The molecule has 7 rings (SSSR count). The van der Waals surface area contributed by atoms with Crippen LogP contribution >= 0.6 is 0 Å². The molecule has 0 spiro atoms. The fourth-order valence-corrected chi connectivity index (χ4v) is 5.67.